The second-order valence-corrected chi connectivity index (χ2v) is 8.36. The van der Waals surface area contributed by atoms with E-state index in [-0.39, 0.29) is 6.09 Å². The van der Waals surface area contributed by atoms with Crippen molar-refractivity contribution < 1.29 is 24.0 Å². The number of hydrogen-bond acceptors (Lipinski definition) is 5. The molecule has 0 saturated heterocycles. The van der Waals surface area contributed by atoms with E-state index in [0.717, 1.165) is 22.3 Å². The van der Waals surface area contributed by atoms with Crippen molar-refractivity contribution in [3.05, 3.63) is 53.6 Å². The van der Waals surface area contributed by atoms with E-state index < -0.39 is 11.2 Å². The molecular weight excluding hydrogens is 369 g/mol. The third-order valence-corrected chi connectivity index (χ3v) is 5.60. The van der Waals surface area contributed by atoms with Crippen molar-refractivity contribution in [1.82, 2.24) is 4.90 Å². The number of fused-ring (bicyclic) bond motifs is 1. The van der Waals surface area contributed by atoms with E-state index in [9.17, 15) is 9.90 Å². The third kappa shape index (κ3) is 4.92. The molecule has 0 radical (unpaired) electrons. The molecule has 29 heavy (non-hydrogen) atoms. The Morgan fingerprint density at radius 3 is 2.24 bits per heavy atom. The molecule has 0 bridgehead atoms. The van der Waals surface area contributed by atoms with E-state index >= 15 is 0 Å². The van der Waals surface area contributed by atoms with Crippen LogP contribution in [0.4, 0.5) is 4.79 Å². The van der Waals surface area contributed by atoms with Crippen molar-refractivity contribution in [1.29, 1.82) is 0 Å². The van der Waals surface area contributed by atoms with Crippen LogP contribution in [0.5, 0.6) is 11.5 Å². The van der Waals surface area contributed by atoms with Gasteiger partial charge in [0.2, 0.25) is 0 Å². The molecule has 0 aliphatic carbocycles. The highest BCUT2D eigenvalue weighted by Crippen LogP contribution is 2.27. The first-order valence-electron chi connectivity index (χ1n) is 9.67. The van der Waals surface area contributed by atoms with E-state index in [2.05, 4.69) is 0 Å². The van der Waals surface area contributed by atoms with Gasteiger partial charge in [-0.1, -0.05) is 23.7 Å². The summed E-state index contributed by atoms with van der Waals surface area (Å²) in [7, 11) is 1.98. The molecular formula is C22H28BNO5. The maximum atomic E-state index is 12.5. The van der Waals surface area contributed by atoms with Gasteiger partial charge in [-0.15, -0.1) is 0 Å². The Labute approximate surface area is 172 Å². The van der Waals surface area contributed by atoms with Crippen LogP contribution in [-0.2, 0) is 17.7 Å². The number of rotatable bonds is 6. The number of hydrogen-bond donors (Lipinski definition) is 1. The SMILES string of the molecule is COc1ccc2c(c1)CN(C(=O)Oc1ccc(BOC(C)(C)C(C)(C)O)cc1)C2. The highest BCUT2D eigenvalue weighted by Gasteiger charge is 2.35. The topological polar surface area (TPSA) is 68.2 Å². The van der Waals surface area contributed by atoms with E-state index in [1.165, 1.54) is 0 Å². The highest BCUT2D eigenvalue weighted by atomic mass is 16.6. The van der Waals surface area contributed by atoms with Crippen LogP contribution in [-0.4, -0.2) is 41.9 Å². The number of ether oxygens (including phenoxy) is 2. The molecule has 1 amide bonds. The first kappa shape index (κ1) is 21.2. The molecule has 1 N–H and O–H groups in total. The number of nitrogens with zero attached hydrogens (tertiary/aromatic N) is 1. The first-order valence-corrected chi connectivity index (χ1v) is 9.67. The average Bonchev–Trinajstić information content (AvgIpc) is 3.10. The zero-order valence-corrected chi connectivity index (χ0v) is 17.7. The smallest absolute Gasteiger partial charge is 0.415 e. The minimum atomic E-state index is -0.959. The van der Waals surface area contributed by atoms with Gasteiger partial charge in [0.1, 0.15) is 11.5 Å². The van der Waals surface area contributed by atoms with Crippen molar-refractivity contribution >= 4 is 19.0 Å². The second kappa shape index (κ2) is 8.09. The normalized spacial score (nSPS) is 13.8. The summed E-state index contributed by atoms with van der Waals surface area (Å²) in [6.07, 6.45) is -0.382. The summed E-state index contributed by atoms with van der Waals surface area (Å²) in [5.74, 6) is 1.26. The van der Waals surface area contributed by atoms with Crippen molar-refractivity contribution in [2.45, 2.75) is 52.0 Å². The summed E-state index contributed by atoms with van der Waals surface area (Å²) in [5.41, 5.74) is 1.46. The van der Waals surface area contributed by atoms with E-state index in [0.29, 0.717) is 26.3 Å². The van der Waals surface area contributed by atoms with Gasteiger partial charge >= 0.3 is 13.6 Å². The summed E-state index contributed by atoms with van der Waals surface area (Å²) in [5, 5.41) is 10.2. The Bertz CT molecular complexity index is 874. The van der Waals surface area contributed by atoms with Gasteiger partial charge in [-0.3, -0.25) is 4.90 Å². The minimum absolute atomic E-state index is 0.356. The molecule has 0 fully saturated rings. The highest BCUT2D eigenvalue weighted by molar-refractivity contribution is 6.47. The number of carbonyl (C=O) groups is 1. The Morgan fingerprint density at radius 2 is 1.62 bits per heavy atom. The van der Waals surface area contributed by atoms with Crippen LogP contribution < -0.4 is 14.9 Å². The quantitative estimate of drug-likeness (QED) is 0.760. The zero-order chi connectivity index (χ0) is 21.2. The van der Waals surface area contributed by atoms with E-state index in [1.54, 1.807) is 38.0 Å². The van der Waals surface area contributed by atoms with Gasteiger partial charge < -0.3 is 19.2 Å². The summed E-state index contributed by atoms with van der Waals surface area (Å²) in [4.78, 5) is 14.2. The Morgan fingerprint density at radius 1 is 1.00 bits per heavy atom. The first-order chi connectivity index (χ1) is 13.6. The van der Waals surface area contributed by atoms with Gasteiger partial charge in [-0.25, -0.2) is 4.79 Å². The number of carbonyl (C=O) groups excluding carboxylic acids is 1. The fraction of sp³-hybridized carbons (Fsp3) is 0.409. The Hall–Kier alpha value is -2.51. The fourth-order valence-electron chi connectivity index (χ4n) is 2.89. The van der Waals surface area contributed by atoms with Crippen LogP contribution in [0, 0.1) is 0 Å². The molecule has 2 aromatic rings. The number of benzene rings is 2. The molecule has 1 aliphatic rings. The number of aliphatic hydroxyl groups is 1. The second-order valence-electron chi connectivity index (χ2n) is 8.36. The standard InChI is InChI=1S/C22H28BNO5/c1-21(2,26)22(3,4)29-23-17-7-10-18(11-8-17)28-20(25)24-13-15-6-9-19(27-5)12-16(15)14-24/h6-12,23,26H,13-14H2,1-5H3. The van der Waals surface area contributed by atoms with Gasteiger partial charge in [0, 0.05) is 13.1 Å². The van der Waals surface area contributed by atoms with Gasteiger partial charge in [0.05, 0.1) is 18.3 Å². The largest absolute Gasteiger partial charge is 0.497 e. The Kier molecular flexibility index (Phi) is 5.91. The lowest BCUT2D eigenvalue weighted by Gasteiger charge is -2.37. The van der Waals surface area contributed by atoms with Crippen molar-refractivity contribution in [2.75, 3.05) is 7.11 Å². The van der Waals surface area contributed by atoms with Crippen molar-refractivity contribution in [3.63, 3.8) is 0 Å². The van der Waals surface area contributed by atoms with E-state index in [1.807, 2.05) is 44.2 Å². The van der Waals surface area contributed by atoms with Gasteiger partial charge in [-0.2, -0.15) is 0 Å². The summed E-state index contributed by atoms with van der Waals surface area (Å²) in [6.45, 7) is 8.18. The fourth-order valence-corrected chi connectivity index (χ4v) is 2.89. The van der Waals surface area contributed by atoms with Gasteiger partial charge in [-0.05, 0) is 63.1 Å². The number of amides is 1. The molecule has 0 aromatic heterocycles. The molecule has 3 rings (SSSR count). The van der Waals surface area contributed by atoms with Gasteiger partial charge in [0.25, 0.3) is 0 Å². The predicted octanol–water partition coefficient (Wildman–Crippen LogP) is 2.75. The molecule has 0 atom stereocenters. The average molecular weight is 397 g/mol. The van der Waals surface area contributed by atoms with Crippen LogP contribution in [0.2, 0.25) is 0 Å². The summed E-state index contributed by atoms with van der Waals surface area (Å²) in [6, 6.07) is 13.0. The molecule has 154 valence electrons. The summed E-state index contributed by atoms with van der Waals surface area (Å²) >= 11 is 0. The molecule has 6 nitrogen and oxygen atoms in total. The van der Waals surface area contributed by atoms with Crippen LogP contribution in [0.15, 0.2) is 42.5 Å². The number of methoxy groups -OCH3 is 1. The van der Waals surface area contributed by atoms with Crippen LogP contribution in [0.3, 0.4) is 0 Å². The minimum Gasteiger partial charge on any atom is -0.497 e. The third-order valence-electron chi connectivity index (χ3n) is 5.60. The lowest BCUT2D eigenvalue weighted by molar-refractivity contribution is -0.0893. The van der Waals surface area contributed by atoms with Crippen molar-refractivity contribution in [2.24, 2.45) is 0 Å². The van der Waals surface area contributed by atoms with E-state index in [4.69, 9.17) is 14.1 Å². The van der Waals surface area contributed by atoms with Crippen LogP contribution in [0.25, 0.3) is 0 Å². The molecule has 1 heterocycles. The molecule has 2 aromatic carbocycles. The Balaban J connectivity index is 1.55. The lowest BCUT2D eigenvalue weighted by Crippen LogP contribution is -2.49. The van der Waals surface area contributed by atoms with Crippen LogP contribution in [0.1, 0.15) is 38.8 Å². The lowest BCUT2D eigenvalue weighted by atomic mass is 9.82. The molecule has 0 unspecified atom stereocenters. The monoisotopic (exact) mass is 397 g/mol. The van der Waals surface area contributed by atoms with Crippen molar-refractivity contribution in [3.8, 4) is 11.5 Å². The predicted molar refractivity (Wildman–Crippen MR) is 113 cm³/mol. The molecule has 0 spiro atoms. The van der Waals surface area contributed by atoms with Gasteiger partial charge in [0.15, 0.2) is 0 Å². The maximum absolute atomic E-state index is 12.5. The molecule has 0 saturated carbocycles. The zero-order valence-electron chi connectivity index (χ0n) is 17.7. The molecule has 1 aliphatic heterocycles. The summed E-state index contributed by atoms with van der Waals surface area (Å²) < 4.78 is 16.6. The maximum Gasteiger partial charge on any atom is 0.415 e. The molecule has 7 heteroatoms. The van der Waals surface area contributed by atoms with Crippen LogP contribution >= 0.6 is 0 Å².